The second-order valence-electron chi connectivity index (χ2n) is 4.89. The van der Waals surface area contributed by atoms with Crippen molar-refractivity contribution in [2.45, 2.75) is 18.6 Å². The molecule has 5 nitrogen and oxygen atoms in total. The van der Waals surface area contributed by atoms with Crippen LogP contribution >= 0.6 is 0 Å². The number of anilines is 1. The highest BCUT2D eigenvalue weighted by Crippen LogP contribution is 2.20. The molecule has 0 spiro atoms. The Balaban J connectivity index is 3.07. The fourth-order valence-electron chi connectivity index (χ4n) is 1.28. The molecule has 0 atom stereocenters. The zero-order chi connectivity index (χ0) is 16.3. The summed E-state index contributed by atoms with van der Waals surface area (Å²) in [5.74, 6) is 3.37. The molecule has 0 aromatic heterocycles. The zero-order valence-electron chi connectivity index (χ0n) is 11.9. The third-order valence-electron chi connectivity index (χ3n) is 3.00. The van der Waals surface area contributed by atoms with E-state index in [2.05, 4.69) is 17.2 Å². The minimum absolute atomic E-state index is 0.000915. The molecule has 0 radical (unpaired) electrons. The van der Waals surface area contributed by atoms with Gasteiger partial charge in [0.15, 0.2) is 9.84 Å². The van der Waals surface area contributed by atoms with Crippen LogP contribution in [0.5, 0.6) is 0 Å². The lowest BCUT2D eigenvalue weighted by molar-refractivity contribution is -0.117. The highest BCUT2D eigenvalue weighted by Gasteiger charge is 2.38. The molecule has 114 valence electrons. The monoisotopic (exact) mass is 313 g/mol. The number of carbonyl (C=O) groups excluding carboxylic acids is 1. The van der Waals surface area contributed by atoms with Gasteiger partial charge < -0.3 is 10.4 Å². The number of aliphatic hydroxyl groups excluding tert-OH is 1. The summed E-state index contributed by atoms with van der Waals surface area (Å²) in [5.41, 5.74) is 0.222. The van der Waals surface area contributed by atoms with Crippen molar-refractivity contribution >= 4 is 21.4 Å². The number of benzene rings is 1. The van der Waals surface area contributed by atoms with Crippen molar-refractivity contribution < 1.29 is 22.7 Å². The molecule has 0 fully saturated rings. The summed E-state index contributed by atoms with van der Waals surface area (Å²) in [7, 11) is -3.60. The Morgan fingerprint density at radius 3 is 2.57 bits per heavy atom. The van der Waals surface area contributed by atoms with Crippen LogP contribution in [0, 0.1) is 17.7 Å². The van der Waals surface area contributed by atoms with Crippen LogP contribution in [0.4, 0.5) is 10.1 Å². The summed E-state index contributed by atoms with van der Waals surface area (Å²) in [6.45, 7) is 2.15. The summed E-state index contributed by atoms with van der Waals surface area (Å²) in [5, 5.41) is 11.0. The molecule has 0 aliphatic rings. The molecule has 2 N–H and O–H groups in total. The van der Waals surface area contributed by atoms with Gasteiger partial charge >= 0.3 is 0 Å². The van der Waals surface area contributed by atoms with Crippen molar-refractivity contribution in [3.8, 4) is 11.8 Å². The first-order valence-corrected chi connectivity index (χ1v) is 7.89. The van der Waals surface area contributed by atoms with Gasteiger partial charge in [0, 0.05) is 11.9 Å². The number of halogens is 1. The molecule has 1 amide bonds. The first kappa shape index (κ1) is 17.1. The van der Waals surface area contributed by atoms with Gasteiger partial charge in [-0.05, 0) is 32.0 Å². The lowest BCUT2D eigenvalue weighted by atomic mass is 10.1. The van der Waals surface area contributed by atoms with Gasteiger partial charge in [-0.25, -0.2) is 12.8 Å². The molecule has 0 heterocycles. The first-order valence-electron chi connectivity index (χ1n) is 6.00. The molecule has 0 bridgehead atoms. The maximum atomic E-state index is 13.5. The number of aliphatic hydroxyl groups is 1. The van der Waals surface area contributed by atoms with E-state index >= 15 is 0 Å². The number of nitrogens with one attached hydrogen (secondary N) is 1. The van der Waals surface area contributed by atoms with Crippen LogP contribution in [0.1, 0.15) is 19.4 Å². The van der Waals surface area contributed by atoms with Crippen molar-refractivity contribution in [2.24, 2.45) is 0 Å². The van der Waals surface area contributed by atoms with Gasteiger partial charge in [0.25, 0.3) is 0 Å². The van der Waals surface area contributed by atoms with Gasteiger partial charge in [-0.3, -0.25) is 4.79 Å². The second kappa shape index (κ2) is 6.24. The van der Waals surface area contributed by atoms with Crippen molar-refractivity contribution in [2.75, 3.05) is 18.2 Å². The Kier molecular flexibility index (Phi) is 5.10. The largest absolute Gasteiger partial charge is 0.384 e. The minimum Gasteiger partial charge on any atom is -0.384 e. The van der Waals surface area contributed by atoms with Crippen LogP contribution in [0.15, 0.2) is 18.2 Å². The van der Waals surface area contributed by atoms with E-state index in [1.54, 1.807) is 0 Å². The fourth-order valence-corrected chi connectivity index (χ4v) is 1.67. The summed E-state index contributed by atoms with van der Waals surface area (Å²) in [4.78, 5) is 12.0. The summed E-state index contributed by atoms with van der Waals surface area (Å²) >= 11 is 0. The zero-order valence-corrected chi connectivity index (χ0v) is 12.7. The maximum absolute atomic E-state index is 13.5. The second-order valence-corrected chi connectivity index (χ2v) is 7.46. The Hall–Kier alpha value is -1.91. The van der Waals surface area contributed by atoms with E-state index in [9.17, 15) is 17.6 Å². The first-order chi connectivity index (χ1) is 9.59. The molecule has 0 aliphatic carbocycles. The third kappa shape index (κ3) is 4.03. The Labute approximate surface area is 123 Å². The van der Waals surface area contributed by atoms with Crippen molar-refractivity contribution in [3.63, 3.8) is 0 Å². The predicted octanol–water partition coefficient (Wildman–Crippen LogP) is 0.931. The van der Waals surface area contributed by atoms with E-state index < -0.39 is 32.9 Å². The summed E-state index contributed by atoms with van der Waals surface area (Å²) in [6.07, 6.45) is 0.968. The molecular formula is C14H16FNO4S. The van der Waals surface area contributed by atoms with Gasteiger partial charge in [0.1, 0.15) is 17.2 Å². The molecule has 0 saturated heterocycles. The van der Waals surface area contributed by atoms with Crippen LogP contribution in [0.2, 0.25) is 0 Å². The highest BCUT2D eigenvalue weighted by molar-refractivity contribution is 7.92. The van der Waals surface area contributed by atoms with Crippen LogP contribution < -0.4 is 5.32 Å². The molecule has 1 rings (SSSR count). The van der Waals surface area contributed by atoms with Gasteiger partial charge in [-0.15, -0.1) is 0 Å². The molecule has 0 saturated carbocycles. The number of hydrogen-bond acceptors (Lipinski definition) is 4. The molecule has 1 aromatic rings. The number of carbonyl (C=O) groups is 1. The predicted molar refractivity (Wildman–Crippen MR) is 77.9 cm³/mol. The van der Waals surface area contributed by atoms with Crippen LogP contribution in [-0.2, 0) is 14.6 Å². The quantitative estimate of drug-likeness (QED) is 0.813. The average molecular weight is 313 g/mol. The summed E-state index contributed by atoms with van der Waals surface area (Å²) < 4.78 is 35.0. The van der Waals surface area contributed by atoms with E-state index in [1.807, 2.05) is 0 Å². The lowest BCUT2D eigenvalue weighted by Crippen LogP contribution is -2.43. The number of hydrogen-bond donors (Lipinski definition) is 2. The average Bonchev–Trinajstić information content (AvgIpc) is 2.37. The van der Waals surface area contributed by atoms with Crippen LogP contribution in [-0.4, -0.2) is 37.0 Å². The van der Waals surface area contributed by atoms with Crippen molar-refractivity contribution in [3.05, 3.63) is 29.6 Å². The van der Waals surface area contributed by atoms with Gasteiger partial charge in [0.05, 0.1) is 5.56 Å². The van der Waals surface area contributed by atoms with Crippen molar-refractivity contribution in [1.82, 2.24) is 0 Å². The minimum atomic E-state index is -3.60. The highest BCUT2D eigenvalue weighted by atomic mass is 32.2. The third-order valence-corrected chi connectivity index (χ3v) is 5.04. The van der Waals surface area contributed by atoms with E-state index in [4.69, 9.17) is 5.11 Å². The normalized spacial score (nSPS) is 11.5. The Bertz CT molecular complexity index is 714. The Morgan fingerprint density at radius 1 is 1.43 bits per heavy atom. The summed E-state index contributed by atoms with van der Waals surface area (Å²) in [6, 6.07) is 3.68. The van der Waals surface area contributed by atoms with Crippen LogP contribution in [0.25, 0.3) is 0 Å². The fraction of sp³-hybridized carbons (Fsp3) is 0.357. The molecular weight excluding hydrogens is 297 g/mol. The van der Waals surface area contributed by atoms with Gasteiger partial charge in [0.2, 0.25) is 5.91 Å². The number of rotatable bonds is 3. The van der Waals surface area contributed by atoms with Crippen molar-refractivity contribution in [1.29, 1.82) is 0 Å². The number of sulfone groups is 1. The molecule has 7 heteroatoms. The lowest BCUT2D eigenvalue weighted by Gasteiger charge is -2.21. The molecule has 21 heavy (non-hydrogen) atoms. The molecule has 0 unspecified atom stereocenters. The van der Waals surface area contributed by atoms with E-state index in [-0.39, 0.29) is 11.3 Å². The van der Waals surface area contributed by atoms with E-state index in [0.717, 1.165) is 12.3 Å². The SMILES string of the molecule is CC(C)(C(=O)Nc1ccc(F)c(C#CCO)c1)S(C)(=O)=O. The van der Waals surface area contributed by atoms with Gasteiger partial charge in [-0.1, -0.05) is 11.8 Å². The standard InChI is InChI=1S/C14H16FNO4S/c1-14(2,21(3,19)20)13(18)16-11-6-7-12(15)10(9-11)5-4-8-17/h6-7,9,17H,8H2,1-3H3,(H,16,18). The maximum Gasteiger partial charge on any atom is 0.245 e. The molecule has 0 aliphatic heterocycles. The smallest absolute Gasteiger partial charge is 0.245 e. The number of amides is 1. The molecule has 1 aromatic carbocycles. The van der Waals surface area contributed by atoms with E-state index in [0.29, 0.717) is 0 Å². The van der Waals surface area contributed by atoms with Gasteiger partial charge in [-0.2, -0.15) is 0 Å². The Morgan fingerprint density at radius 2 is 2.05 bits per heavy atom. The van der Waals surface area contributed by atoms with Crippen LogP contribution in [0.3, 0.4) is 0 Å². The van der Waals surface area contributed by atoms with E-state index in [1.165, 1.54) is 26.0 Å². The topological polar surface area (TPSA) is 83.5 Å².